The third-order valence-corrected chi connectivity index (χ3v) is 5.71. The third kappa shape index (κ3) is 4.46. The number of pyridine rings is 1. The first kappa shape index (κ1) is 20.3. The number of fused-ring (bicyclic) bond motifs is 1. The molecule has 0 unspecified atom stereocenters. The topological polar surface area (TPSA) is 72.3 Å². The van der Waals surface area contributed by atoms with Crippen LogP contribution in [-0.4, -0.2) is 52.3 Å². The highest BCUT2D eigenvalue weighted by atomic mass is 16.5. The van der Waals surface area contributed by atoms with Gasteiger partial charge in [-0.1, -0.05) is 18.2 Å². The molecular weight excluding hydrogens is 378 g/mol. The van der Waals surface area contributed by atoms with E-state index >= 15 is 0 Å². The lowest BCUT2D eigenvalue weighted by Gasteiger charge is -2.32. The Kier molecular flexibility index (Phi) is 6.28. The Balaban J connectivity index is 1.53. The van der Waals surface area contributed by atoms with E-state index in [-0.39, 0.29) is 5.91 Å². The summed E-state index contributed by atoms with van der Waals surface area (Å²) in [6.07, 6.45) is 4.06. The zero-order valence-corrected chi connectivity index (χ0v) is 17.7. The molecule has 1 aliphatic heterocycles. The van der Waals surface area contributed by atoms with Crippen LogP contribution in [0.2, 0.25) is 0 Å². The van der Waals surface area contributed by atoms with E-state index in [0.717, 1.165) is 55.0 Å². The van der Waals surface area contributed by atoms with Crippen LogP contribution in [0, 0.1) is 0 Å². The third-order valence-electron chi connectivity index (χ3n) is 5.71. The quantitative estimate of drug-likeness (QED) is 0.652. The molecule has 1 atom stereocenters. The number of para-hydroxylation sites is 1. The van der Waals surface area contributed by atoms with Crippen LogP contribution in [0.25, 0.3) is 11.0 Å². The molecule has 7 heteroatoms. The predicted octanol–water partition coefficient (Wildman–Crippen LogP) is 2.96. The number of nitrogens with one attached hydrogen (secondary N) is 1. The van der Waals surface area contributed by atoms with Crippen molar-refractivity contribution in [2.75, 3.05) is 26.7 Å². The summed E-state index contributed by atoms with van der Waals surface area (Å²) < 4.78 is 7.46. The summed E-state index contributed by atoms with van der Waals surface area (Å²) in [6.45, 7) is 5.61. The number of piperidine rings is 1. The van der Waals surface area contributed by atoms with E-state index in [1.807, 2.05) is 22.9 Å². The molecule has 2 aromatic heterocycles. The Morgan fingerprint density at radius 1 is 1.27 bits per heavy atom. The molecule has 1 amide bonds. The summed E-state index contributed by atoms with van der Waals surface area (Å²) in [7, 11) is 1.73. The van der Waals surface area contributed by atoms with Gasteiger partial charge in [-0.05, 0) is 37.6 Å². The fourth-order valence-electron chi connectivity index (χ4n) is 4.33. The summed E-state index contributed by atoms with van der Waals surface area (Å²) in [5, 5.41) is 8.90. The van der Waals surface area contributed by atoms with E-state index in [2.05, 4.69) is 33.4 Å². The number of ether oxygens (including phenoxy) is 1. The number of amides is 1. The zero-order chi connectivity index (χ0) is 20.9. The molecule has 3 heterocycles. The number of hydrogen-bond acceptors (Lipinski definition) is 5. The minimum Gasteiger partial charge on any atom is -0.496 e. The number of carbonyl (C=O) groups excluding carboxylic acids is 1. The van der Waals surface area contributed by atoms with Crippen LogP contribution in [0.1, 0.15) is 36.9 Å². The molecule has 0 bridgehead atoms. The second kappa shape index (κ2) is 9.26. The molecule has 1 aromatic carbocycles. The molecule has 1 fully saturated rings. The fraction of sp³-hybridized carbons (Fsp3) is 0.435. The molecule has 0 saturated carbocycles. The number of likely N-dealkylation sites (tertiary alicyclic amines) is 1. The molecule has 0 aliphatic carbocycles. The number of aromatic nitrogens is 3. The van der Waals surface area contributed by atoms with Gasteiger partial charge in [-0.25, -0.2) is 9.67 Å². The van der Waals surface area contributed by atoms with Crippen LogP contribution in [0.3, 0.4) is 0 Å². The summed E-state index contributed by atoms with van der Waals surface area (Å²) in [6, 6.07) is 12.3. The Hall–Kier alpha value is -2.93. The van der Waals surface area contributed by atoms with E-state index in [4.69, 9.17) is 9.84 Å². The second-order valence-corrected chi connectivity index (χ2v) is 7.85. The fourth-order valence-corrected chi connectivity index (χ4v) is 4.33. The molecule has 4 rings (SSSR count). The number of rotatable bonds is 7. The molecule has 1 aliphatic rings. The van der Waals surface area contributed by atoms with Crippen molar-refractivity contribution < 1.29 is 9.53 Å². The molecular formula is C23H29N5O2. The Labute approximate surface area is 177 Å². The Morgan fingerprint density at radius 3 is 2.97 bits per heavy atom. The lowest BCUT2D eigenvalue weighted by molar-refractivity contribution is -0.118. The van der Waals surface area contributed by atoms with Gasteiger partial charge < -0.3 is 10.1 Å². The Bertz CT molecular complexity index is 1020. The van der Waals surface area contributed by atoms with Crippen LogP contribution >= 0.6 is 0 Å². The SMILES string of the molecule is COc1ccccc1CN1CCC[C@@H](c2nn(CCNC(C)=O)c3ncccc23)C1. The van der Waals surface area contributed by atoms with E-state index in [1.165, 1.54) is 12.5 Å². The van der Waals surface area contributed by atoms with Crippen molar-refractivity contribution in [3.05, 3.63) is 53.9 Å². The number of nitrogens with zero attached hydrogens (tertiary/aromatic N) is 4. The molecule has 1 N–H and O–H groups in total. The number of hydrogen-bond donors (Lipinski definition) is 1. The average Bonchev–Trinajstić information content (AvgIpc) is 3.13. The molecule has 3 aromatic rings. The molecule has 0 spiro atoms. The average molecular weight is 408 g/mol. The monoisotopic (exact) mass is 407 g/mol. The number of methoxy groups -OCH3 is 1. The van der Waals surface area contributed by atoms with Gasteiger partial charge in [-0.3, -0.25) is 9.69 Å². The zero-order valence-electron chi connectivity index (χ0n) is 17.7. The van der Waals surface area contributed by atoms with Crippen LogP contribution in [0.15, 0.2) is 42.6 Å². The molecule has 0 radical (unpaired) electrons. The maximum absolute atomic E-state index is 11.2. The standard InChI is InChI=1S/C23H29N5O2/c1-17(29)24-12-14-28-23-20(9-5-11-25-23)22(26-28)19-8-6-13-27(16-19)15-18-7-3-4-10-21(18)30-2/h3-5,7,9-11,19H,6,8,12-16H2,1-2H3,(H,24,29)/t19-/m1/s1. The van der Waals surface area contributed by atoms with Gasteiger partial charge in [-0.2, -0.15) is 5.10 Å². The normalized spacial score (nSPS) is 17.2. The van der Waals surface area contributed by atoms with E-state index in [1.54, 1.807) is 13.3 Å². The van der Waals surface area contributed by atoms with Gasteiger partial charge in [-0.15, -0.1) is 0 Å². The Morgan fingerprint density at radius 2 is 2.13 bits per heavy atom. The van der Waals surface area contributed by atoms with Crippen LogP contribution < -0.4 is 10.1 Å². The van der Waals surface area contributed by atoms with Gasteiger partial charge in [0.15, 0.2) is 5.65 Å². The second-order valence-electron chi connectivity index (χ2n) is 7.85. The van der Waals surface area contributed by atoms with Crippen molar-refractivity contribution >= 4 is 16.9 Å². The number of carbonyl (C=O) groups is 1. The molecule has 30 heavy (non-hydrogen) atoms. The van der Waals surface area contributed by atoms with Gasteiger partial charge in [0.25, 0.3) is 0 Å². The lowest BCUT2D eigenvalue weighted by atomic mass is 9.93. The van der Waals surface area contributed by atoms with Crippen molar-refractivity contribution in [3.8, 4) is 5.75 Å². The largest absolute Gasteiger partial charge is 0.496 e. The maximum atomic E-state index is 11.2. The van der Waals surface area contributed by atoms with Gasteiger partial charge in [0, 0.05) is 49.6 Å². The van der Waals surface area contributed by atoms with Gasteiger partial charge in [0.1, 0.15) is 5.75 Å². The molecule has 7 nitrogen and oxygen atoms in total. The number of benzene rings is 1. The van der Waals surface area contributed by atoms with Gasteiger partial charge in [0.05, 0.1) is 19.3 Å². The van der Waals surface area contributed by atoms with E-state index in [9.17, 15) is 4.79 Å². The van der Waals surface area contributed by atoms with Crippen LogP contribution in [0.4, 0.5) is 0 Å². The highest BCUT2D eigenvalue weighted by Gasteiger charge is 2.26. The molecule has 1 saturated heterocycles. The lowest BCUT2D eigenvalue weighted by Crippen LogP contribution is -2.34. The van der Waals surface area contributed by atoms with E-state index in [0.29, 0.717) is 19.0 Å². The highest BCUT2D eigenvalue weighted by Crippen LogP contribution is 2.32. The van der Waals surface area contributed by atoms with Gasteiger partial charge >= 0.3 is 0 Å². The van der Waals surface area contributed by atoms with Gasteiger partial charge in [0.2, 0.25) is 5.91 Å². The highest BCUT2D eigenvalue weighted by molar-refractivity contribution is 5.79. The predicted molar refractivity (Wildman–Crippen MR) is 116 cm³/mol. The van der Waals surface area contributed by atoms with Crippen LogP contribution in [0.5, 0.6) is 5.75 Å². The van der Waals surface area contributed by atoms with Crippen LogP contribution in [-0.2, 0) is 17.9 Å². The summed E-state index contributed by atoms with van der Waals surface area (Å²) >= 11 is 0. The summed E-state index contributed by atoms with van der Waals surface area (Å²) in [4.78, 5) is 18.3. The van der Waals surface area contributed by atoms with Crippen molar-refractivity contribution in [2.24, 2.45) is 0 Å². The maximum Gasteiger partial charge on any atom is 0.216 e. The van der Waals surface area contributed by atoms with Crippen molar-refractivity contribution in [3.63, 3.8) is 0 Å². The molecule has 158 valence electrons. The van der Waals surface area contributed by atoms with Crippen molar-refractivity contribution in [2.45, 2.75) is 38.8 Å². The first-order valence-electron chi connectivity index (χ1n) is 10.6. The summed E-state index contributed by atoms with van der Waals surface area (Å²) in [5.74, 6) is 1.28. The summed E-state index contributed by atoms with van der Waals surface area (Å²) in [5.41, 5.74) is 3.22. The van der Waals surface area contributed by atoms with Crippen molar-refractivity contribution in [1.82, 2.24) is 25.0 Å². The first-order valence-corrected chi connectivity index (χ1v) is 10.6. The minimum atomic E-state index is -0.0288. The smallest absolute Gasteiger partial charge is 0.216 e. The first-order chi connectivity index (χ1) is 14.7. The van der Waals surface area contributed by atoms with E-state index < -0.39 is 0 Å². The minimum absolute atomic E-state index is 0.0288. The van der Waals surface area contributed by atoms with Crippen molar-refractivity contribution in [1.29, 1.82) is 0 Å².